The van der Waals surface area contributed by atoms with Gasteiger partial charge in [0.05, 0.1) is 6.61 Å². The number of carbonyl (C=O) groups excluding carboxylic acids is 1. The number of likely N-dealkylation sites (N-methyl/N-ethyl adjacent to an activating group) is 1. The molecule has 21 heavy (non-hydrogen) atoms. The number of benzene rings is 1. The first-order valence-corrected chi connectivity index (χ1v) is 8.70. The molecule has 5 heteroatoms. The number of halogens is 1. The molecule has 1 saturated carbocycles. The van der Waals surface area contributed by atoms with Crippen molar-refractivity contribution in [3.05, 3.63) is 29.3 Å². The van der Waals surface area contributed by atoms with Crippen LogP contribution in [-0.2, 0) is 9.53 Å². The lowest BCUT2D eigenvalue weighted by molar-refractivity contribution is -0.151. The van der Waals surface area contributed by atoms with Gasteiger partial charge in [-0.2, -0.15) is 0 Å². The Kier molecular flexibility index (Phi) is 5.97. The molecule has 0 bridgehead atoms. The summed E-state index contributed by atoms with van der Waals surface area (Å²) >= 11 is 7.82. The molecule has 0 amide bonds. The standard InChI is InChI=1S/C16H22ClNO2S/c1-3-18-16(15(19)20-4-2)9-8-14(11-16)21-13-7-5-6-12(17)10-13/h5-7,10,14,18H,3-4,8-9,11H2,1-2H3. The van der Waals surface area contributed by atoms with Gasteiger partial charge in [-0.05, 0) is 50.9 Å². The van der Waals surface area contributed by atoms with E-state index in [-0.39, 0.29) is 5.97 Å². The molecule has 0 spiro atoms. The molecule has 2 unspecified atom stereocenters. The van der Waals surface area contributed by atoms with E-state index < -0.39 is 5.54 Å². The average molecular weight is 328 g/mol. The Morgan fingerprint density at radius 2 is 2.33 bits per heavy atom. The first kappa shape index (κ1) is 16.7. The molecule has 1 aliphatic rings. The monoisotopic (exact) mass is 327 g/mol. The Morgan fingerprint density at radius 3 is 3.00 bits per heavy atom. The minimum absolute atomic E-state index is 0.110. The Labute approximate surface area is 135 Å². The van der Waals surface area contributed by atoms with Gasteiger partial charge in [0.1, 0.15) is 5.54 Å². The van der Waals surface area contributed by atoms with Crippen LogP contribution in [0.15, 0.2) is 29.2 Å². The van der Waals surface area contributed by atoms with Crippen LogP contribution in [0.25, 0.3) is 0 Å². The summed E-state index contributed by atoms with van der Waals surface area (Å²) in [6, 6.07) is 7.88. The van der Waals surface area contributed by atoms with Gasteiger partial charge >= 0.3 is 5.97 Å². The molecule has 0 aromatic heterocycles. The van der Waals surface area contributed by atoms with Gasteiger partial charge in [0, 0.05) is 15.2 Å². The number of hydrogen-bond donors (Lipinski definition) is 1. The molecule has 2 atom stereocenters. The van der Waals surface area contributed by atoms with Crippen LogP contribution in [0.5, 0.6) is 0 Å². The first-order chi connectivity index (χ1) is 10.1. The van der Waals surface area contributed by atoms with Gasteiger partial charge < -0.3 is 10.1 Å². The Hall–Kier alpha value is -0.710. The van der Waals surface area contributed by atoms with Crippen LogP contribution in [0.2, 0.25) is 5.02 Å². The van der Waals surface area contributed by atoms with E-state index in [0.29, 0.717) is 11.9 Å². The maximum Gasteiger partial charge on any atom is 0.326 e. The number of rotatable bonds is 6. The lowest BCUT2D eigenvalue weighted by Gasteiger charge is -2.27. The van der Waals surface area contributed by atoms with Gasteiger partial charge in [-0.3, -0.25) is 4.79 Å². The van der Waals surface area contributed by atoms with Crippen molar-refractivity contribution in [3.63, 3.8) is 0 Å². The number of ether oxygens (including phenoxy) is 1. The van der Waals surface area contributed by atoms with Crippen LogP contribution >= 0.6 is 23.4 Å². The molecule has 1 aromatic carbocycles. The molecule has 1 fully saturated rings. The second-order valence-electron chi connectivity index (χ2n) is 5.27. The zero-order chi connectivity index (χ0) is 15.3. The molecule has 2 rings (SSSR count). The summed E-state index contributed by atoms with van der Waals surface area (Å²) in [6.07, 6.45) is 2.64. The van der Waals surface area contributed by atoms with Gasteiger partial charge in [-0.1, -0.05) is 24.6 Å². The quantitative estimate of drug-likeness (QED) is 0.804. The van der Waals surface area contributed by atoms with Crippen LogP contribution < -0.4 is 5.32 Å². The summed E-state index contributed by atoms with van der Waals surface area (Å²) in [6.45, 7) is 5.08. The fourth-order valence-corrected chi connectivity index (χ4v) is 4.45. The molecule has 0 radical (unpaired) electrons. The molecule has 1 aliphatic carbocycles. The zero-order valence-corrected chi connectivity index (χ0v) is 14.1. The third-order valence-electron chi connectivity index (χ3n) is 3.75. The van der Waals surface area contributed by atoms with Crippen molar-refractivity contribution in [2.75, 3.05) is 13.2 Å². The van der Waals surface area contributed by atoms with Crippen molar-refractivity contribution in [3.8, 4) is 0 Å². The van der Waals surface area contributed by atoms with Crippen LogP contribution in [0.1, 0.15) is 33.1 Å². The molecule has 1 N–H and O–H groups in total. The smallest absolute Gasteiger partial charge is 0.326 e. The lowest BCUT2D eigenvalue weighted by Crippen LogP contribution is -2.51. The number of hydrogen-bond acceptors (Lipinski definition) is 4. The summed E-state index contributed by atoms with van der Waals surface area (Å²) in [4.78, 5) is 13.5. The predicted octanol–water partition coefficient (Wildman–Crippen LogP) is 3.90. The third kappa shape index (κ3) is 4.15. The summed E-state index contributed by atoms with van der Waals surface area (Å²) in [5.41, 5.74) is -0.513. The molecule has 0 aliphatic heterocycles. The predicted molar refractivity (Wildman–Crippen MR) is 88.0 cm³/mol. The number of carbonyl (C=O) groups is 1. The maximum atomic E-state index is 12.3. The summed E-state index contributed by atoms with van der Waals surface area (Å²) in [5, 5.41) is 4.52. The second-order valence-corrected chi connectivity index (χ2v) is 7.08. The van der Waals surface area contributed by atoms with Crippen molar-refractivity contribution in [2.24, 2.45) is 0 Å². The molecular weight excluding hydrogens is 306 g/mol. The number of nitrogens with one attached hydrogen (secondary N) is 1. The van der Waals surface area contributed by atoms with E-state index in [1.54, 1.807) is 11.8 Å². The van der Waals surface area contributed by atoms with E-state index in [1.165, 1.54) is 0 Å². The van der Waals surface area contributed by atoms with Crippen molar-refractivity contribution in [2.45, 2.75) is 48.8 Å². The SMILES string of the molecule is CCNC1(C(=O)OCC)CCC(Sc2cccc(Cl)c2)C1. The first-order valence-electron chi connectivity index (χ1n) is 7.44. The summed E-state index contributed by atoms with van der Waals surface area (Å²) in [7, 11) is 0. The normalized spacial score (nSPS) is 25.0. The van der Waals surface area contributed by atoms with Crippen LogP contribution in [0.3, 0.4) is 0 Å². The largest absolute Gasteiger partial charge is 0.465 e. The van der Waals surface area contributed by atoms with E-state index in [1.807, 2.05) is 32.0 Å². The van der Waals surface area contributed by atoms with E-state index >= 15 is 0 Å². The third-order valence-corrected chi connectivity index (χ3v) is 5.25. The fraction of sp³-hybridized carbons (Fsp3) is 0.562. The highest BCUT2D eigenvalue weighted by atomic mass is 35.5. The minimum atomic E-state index is -0.513. The molecule has 0 saturated heterocycles. The number of esters is 1. The molecular formula is C16H22ClNO2S. The van der Waals surface area contributed by atoms with Crippen molar-refractivity contribution >= 4 is 29.3 Å². The second kappa shape index (κ2) is 7.52. The van der Waals surface area contributed by atoms with E-state index in [4.69, 9.17) is 16.3 Å². The molecule has 0 heterocycles. The van der Waals surface area contributed by atoms with Crippen LogP contribution in [0.4, 0.5) is 0 Å². The van der Waals surface area contributed by atoms with Crippen LogP contribution in [0, 0.1) is 0 Å². The maximum absolute atomic E-state index is 12.3. The van der Waals surface area contributed by atoms with Gasteiger partial charge in [0.15, 0.2) is 0 Å². The van der Waals surface area contributed by atoms with Crippen LogP contribution in [-0.4, -0.2) is 29.9 Å². The van der Waals surface area contributed by atoms with E-state index in [9.17, 15) is 4.79 Å². The van der Waals surface area contributed by atoms with Crippen molar-refractivity contribution < 1.29 is 9.53 Å². The van der Waals surface area contributed by atoms with Gasteiger partial charge in [-0.25, -0.2) is 0 Å². The van der Waals surface area contributed by atoms with Gasteiger partial charge in [-0.15, -0.1) is 11.8 Å². The molecule has 1 aromatic rings. The Balaban J connectivity index is 2.04. The highest BCUT2D eigenvalue weighted by Crippen LogP contribution is 2.41. The Morgan fingerprint density at radius 1 is 1.52 bits per heavy atom. The van der Waals surface area contributed by atoms with Crippen molar-refractivity contribution in [1.82, 2.24) is 5.32 Å². The number of thioether (sulfide) groups is 1. The van der Waals surface area contributed by atoms with Crippen molar-refractivity contribution in [1.29, 1.82) is 0 Å². The van der Waals surface area contributed by atoms with E-state index in [0.717, 1.165) is 35.7 Å². The molecule has 116 valence electrons. The highest BCUT2D eigenvalue weighted by Gasteiger charge is 2.46. The lowest BCUT2D eigenvalue weighted by atomic mass is 9.98. The van der Waals surface area contributed by atoms with E-state index in [2.05, 4.69) is 11.4 Å². The highest BCUT2D eigenvalue weighted by molar-refractivity contribution is 8.00. The fourth-order valence-electron chi connectivity index (χ4n) is 2.86. The summed E-state index contributed by atoms with van der Waals surface area (Å²) in [5.74, 6) is -0.110. The minimum Gasteiger partial charge on any atom is -0.465 e. The average Bonchev–Trinajstić information content (AvgIpc) is 2.84. The topological polar surface area (TPSA) is 38.3 Å². The summed E-state index contributed by atoms with van der Waals surface area (Å²) < 4.78 is 5.27. The van der Waals surface area contributed by atoms with Gasteiger partial charge in [0.25, 0.3) is 0 Å². The van der Waals surface area contributed by atoms with Gasteiger partial charge in [0.2, 0.25) is 0 Å². The zero-order valence-electron chi connectivity index (χ0n) is 12.5. The molecule has 3 nitrogen and oxygen atoms in total. The Bertz CT molecular complexity index is 497.